The second-order valence-electron chi connectivity index (χ2n) is 16.6. The summed E-state index contributed by atoms with van der Waals surface area (Å²) in [6.07, 6.45) is 13.9. The van der Waals surface area contributed by atoms with Crippen LogP contribution in [0.25, 0.3) is 106 Å². The Hall–Kier alpha value is -6.44. The predicted molar refractivity (Wildman–Crippen MR) is 237 cm³/mol. The molecule has 9 aromatic rings. The maximum absolute atomic E-state index is 6.34. The van der Waals surface area contributed by atoms with E-state index in [1.54, 1.807) is 0 Å². The van der Waals surface area contributed by atoms with Crippen molar-refractivity contribution in [3.8, 4) is 44.5 Å². The van der Waals surface area contributed by atoms with Gasteiger partial charge in [0.05, 0.1) is 0 Å². The van der Waals surface area contributed by atoms with Crippen LogP contribution in [0, 0.1) is 0 Å². The zero-order chi connectivity index (χ0) is 37.1. The Morgan fingerprint density at radius 1 is 0.482 bits per heavy atom. The molecular formula is C55H40O. The quantitative estimate of drug-likeness (QED) is 0.177. The van der Waals surface area contributed by atoms with Crippen molar-refractivity contribution in [2.75, 3.05) is 0 Å². The minimum atomic E-state index is -0.116. The SMILES string of the molecule is CC1(C)c2ccc(-c3c4c(c(-c5cccc(-c6cccc7c6CCC=C7)c5)c5ccccc35)=CCCC=4)cc2-c2cc3cc4oc5ccccc5c4cc3cc21. The van der Waals surface area contributed by atoms with Crippen molar-refractivity contribution in [3.63, 3.8) is 0 Å². The second-order valence-corrected chi connectivity index (χ2v) is 16.6. The molecule has 0 atom stereocenters. The molecule has 0 N–H and O–H groups in total. The van der Waals surface area contributed by atoms with Crippen LogP contribution in [0.2, 0.25) is 0 Å². The highest BCUT2D eigenvalue weighted by Gasteiger charge is 2.36. The number of hydrogen-bond acceptors (Lipinski definition) is 1. The normalized spacial score (nSPS) is 15.0. The molecule has 0 saturated heterocycles. The molecule has 56 heavy (non-hydrogen) atoms. The Morgan fingerprint density at radius 3 is 2.00 bits per heavy atom. The average molecular weight is 717 g/mol. The van der Waals surface area contributed by atoms with Crippen molar-refractivity contribution in [1.82, 2.24) is 0 Å². The van der Waals surface area contributed by atoms with E-state index in [-0.39, 0.29) is 5.41 Å². The van der Waals surface area contributed by atoms with Crippen LogP contribution >= 0.6 is 0 Å². The lowest BCUT2D eigenvalue weighted by molar-refractivity contribution is 0.661. The molecule has 1 aromatic heterocycles. The molecule has 0 spiro atoms. The van der Waals surface area contributed by atoms with Gasteiger partial charge >= 0.3 is 0 Å². The van der Waals surface area contributed by atoms with Gasteiger partial charge in [-0.15, -0.1) is 0 Å². The van der Waals surface area contributed by atoms with Gasteiger partial charge < -0.3 is 4.42 Å². The summed E-state index contributed by atoms with van der Waals surface area (Å²) in [7, 11) is 0. The third kappa shape index (κ3) is 4.55. The van der Waals surface area contributed by atoms with Crippen molar-refractivity contribution < 1.29 is 4.42 Å². The third-order valence-corrected chi connectivity index (χ3v) is 13.1. The van der Waals surface area contributed by atoms with E-state index in [0.29, 0.717) is 0 Å². The van der Waals surface area contributed by atoms with Crippen LogP contribution < -0.4 is 10.4 Å². The number of furan rings is 1. The Labute approximate surface area is 326 Å². The molecule has 1 nitrogen and oxygen atoms in total. The summed E-state index contributed by atoms with van der Waals surface area (Å²) >= 11 is 0. The van der Waals surface area contributed by atoms with Gasteiger partial charge in [-0.3, -0.25) is 0 Å². The predicted octanol–water partition coefficient (Wildman–Crippen LogP) is 13.5. The molecule has 1 heteroatoms. The molecule has 266 valence electrons. The molecule has 12 rings (SSSR count). The lowest BCUT2D eigenvalue weighted by Gasteiger charge is -2.22. The van der Waals surface area contributed by atoms with Gasteiger partial charge in [0.2, 0.25) is 0 Å². The van der Waals surface area contributed by atoms with Crippen LogP contribution in [-0.4, -0.2) is 0 Å². The summed E-state index contributed by atoms with van der Waals surface area (Å²) < 4.78 is 6.34. The van der Waals surface area contributed by atoms with Gasteiger partial charge in [0.1, 0.15) is 11.2 Å². The van der Waals surface area contributed by atoms with Crippen molar-refractivity contribution in [1.29, 1.82) is 0 Å². The Morgan fingerprint density at radius 2 is 1.18 bits per heavy atom. The average Bonchev–Trinajstić information content (AvgIpc) is 3.70. The van der Waals surface area contributed by atoms with E-state index < -0.39 is 0 Å². The van der Waals surface area contributed by atoms with Gasteiger partial charge in [0, 0.05) is 16.2 Å². The van der Waals surface area contributed by atoms with Crippen molar-refractivity contribution in [3.05, 3.63) is 172 Å². The number of fused-ring (bicyclic) bond motifs is 10. The molecule has 3 aliphatic carbocycles. The highest BCUT2D eigenvalue weighted by Crippen LogP contribution is 2.51. The number of allylic oxidation sites excluding steroid dienone is 1. The molecule has 0 bridgehead atoms. The molecule has 8 aromatic carbocycles. The van der Waals surface area contributed by atoms with Crippen LogP contribution in [0.4, 0.5) is 0 Å². The van der Waals surface area contributed by atoms with E-state index >= 15 is 0 Å². The minimum absolute atomic E-state index is 0.116. The molecule has 0 saturated carbocycles. The van der Waals surface area contributed by atoms with Gasteiger partial charge in [-0.2, -0.15) is 0 Å². The standard InChI is InChI=1S/C55H40O/c1-55(2)49-26-25-36(28-46(49)47-29-38-32-52-48(30-37(38)31-50(47)55)41-18-9-10-24-51(41)56-52)54-44-21-7-5-19-42(44)53(43-20-6-8-22-45(43)54)35-16-11-15-34(27-35)40-23-12-14-33-13-3-4-17-39(33)40/h3,5,7,9-16,18-32H,4,6,8,17H2,1-2H3. The zero-order valence-corrected chi connectivity index (χ0v) is 31.7. The van der Waals surface area contributed by atoms with E-state index in [0.717, 1.165) is 36.8 Å². The molecule has 1 heterocycles. The summed E-state index contributed by atoms with van der Waals surface area (Å²) in [5.41, 5.74) is 17.9. The Kier molecular flexibility index (Phi) is 6.70. The number of rotatable bonds is 3. The fraction of sp³-hybridized carbons (Fsp3) is 0.127. The minimum Gasteiger partial charge on any atom is -0.456 e. The second kappa shape index (κ2) is 11.8. The van der Waals surface area contributed by atoms with Gasteiger partial charge in [0.15, 0.2) is 0 Å². The maximum Gasteiger partial charge on any atom is 0.136 e. The largest absolute Gasteiger partial charge is 0.456 e. The highest BCUT2D eigenvalue weighted by molar-refractivity contribution is 6.11. The summed E-state index contributed by atoms with van der Waals surface area (Å²) in [5.74, 6) is 0. The van der Waals surface area contributed by atoms with Gasteiger partial charge in [0.25, 0.3) is 0 Å². The first-order valence-corrected chi connectivity index (χ1v) is 20.2. The molecule has 0 amide bonds. The van der Waals surface area contributed by atoms with Crippen LogP contribution in [0.3, 0.4) is 0 Å². The first-order chi connectivity index (χ1) is 27.5. The third-order valence-electron chi connectivity index (χ3n) is 13.1. The fourth-order valence-corrected chi connectivity index (χ4v) is 10.4. The van der Waals surface area contributed by atoms with E-state index in [4.69, 9.17) is 4.42 Å². The first-order valence-electron chi connectivity index (χ1n) is 20.2. The van der Waals surface area contributed by atoms with Crippen molar-refractivity contribution >= 4 is 61.7 Å². The van der Waals surface area contributed by atoms with Crippen LogP contribution in [0.1, 0.15) is 55.4 Å². The monoisotopic (exact) mass is 716 g/mol. The molecule has 0 radical (unpaired) electrons. The van der Waals surface area contributed by atoms with E-state index in [9.17, 15) is 0 Å². The lowest BCUT2D eigenvalue weighted by Crippen LogP contribution is -2.31. The fourth-order valence-electron chi connectivity index (χ4n) is 10.4. The number of hydrogen-bond donors (Lipinski definition) is 0. The zero-order valence-electron chi connectivity index (χ0n) is 31.7. The molecule has 0 unspecified atom stereocenters. The van der Waals surface area contributed by atoms with E-state index in [2.05, 4.69) is 166 Å². The highest BCUT2D eigenvalue weighted by atomic mass is 16.3. The van der Waals surface area contributed by atoms with Gasteiger partial charge in [-0.1, -0.05) is 129 Å². The summed E-state index contributed by atoms with van der Waals surface area (Å²) in [6, 6.07) is 50.3. The topological polar surface area (TPSA) is 13.1 Å². The summed E-state index contributed by atoms with van der Waals surface area (Å²) in [4.78, 5) is 0. The van der Waals surface area contributed by atoms with Gasteiger partial charge in [-0.05, 0) is 167 Å². The van der Waals surface area contributed by atoms with Gasteiger partial charge in [-0.25, -0.2) is 0 Å². The Bertz CT molecular complexity index is 3330. The van der Waals surface area contributed by atoms with Crippen LogP contribution in [0.15, 0.2) is 144 Å². The van der Waals surface area contributed by atoms with Crippen LogP contribution in [-0.2, 0) is 11.8 Å². The number of benzene rings is 8. The van der Waals surface area contributed by atoms with Crippen molar-refractivity contribution in [2.45, 2.75) is 44.9 Å². The molecule has 0 aliphatic heterocycles. The lowest BCUT2D eigenvalue weighted by atomic mass is 9.81. The van der Waals surface area contributed by atoms with Crippen molar-refractivity contribution in [2.24, 2.45) is 0 Å². The van der Waals surface area contributed by atoms with E-state index in [1.807, 2.05) is 6.07 Å². The molecular weight excluding hydrogens is 677 g/mol. The smallest absolute Gasteiger partial charge is 0.136 e. The summed E-state index contributed by atoms with van der Waals surface area (Å²) in [6.45, 7) is 4.78. The van der Waals surface area contributed by atoms with Crippen LogP contribution in [0.5, 0.6) is 0 Å². The first kappa shape index (κ1) is 31.9. The van der Waals surface area contributed by atoms with E-state index in [1.165, 1.54) is 110 Å². The molecule has 0 fully saturated rings. The Balaban J connectivity index is 1.06. The summed E-state index contributed by atoms with van der Waals surface area (Å²) in [5, 5.41) is 10.2. The maximum atomic E-state index is 6.34. The number of para-hydroxylation sites is 1. The molecule has 3 aliphatic rings.